The predicted octanol–water partition coefficient (Wildman–Crippen LogP) is 1.18. The molecule has 1 aromatic rings. The van der Waals surface area contributed by atoms with Gasteiger partial charge in [-0.3, -0.25) is 4.79 Å². The summed E-state index contributed by atoms with van der Waals surface area (Å²) < 4.78 is 18.6. The van der Waals surface area contributed by atoms with Gasteiger partial charge in [-0.25, -0.2) is 9.18 Å². The van der Waals surface area contributed by atoms with E-state index in [9.17, 15) is 14.0 Å². The lowest BCUT2D eigenvalue weighted by atomic mass is 9.85. The molecular formula is C12H13FN2O4. The van der Waals surface area contributed by atoms with Crippen LogP contribution in [0.25, 0.3) is 0 Å². The SMILES string of the molecule is COc1c(F)cc(N)c2c1CCC(NC(=O)O)C2=O. The Kier molecular flexibility index (Phi) is 3.28. The first-order valence-corrected chi connectivity index (χ1v) is 5.64. The number of carbonyl (C=O) groups excluding carboxylic acids is 1. The fourth-order valence-corrected chi connectivity index (χ4v) is 2.34. The molecule has 1 aromatic carbocycles. The second kappa shape index (κ2) is 4.75. The van der Waals surface area contributed by atoms with Crippen molar-refractivity contribution >= 4 is 17.6 Å². The molecule has 0 aromatic heterocycles. The number of nitrogens with one attached hydrogen (secondary N) is 1. The van der Waals surface area contributed by atoms with E-state index in [1.54, 1.807) is 0 Å². The summed E-state index contributed by atoms with van der Waals surface area (Å²) in [5.74, 6) is -1.10. The van der Waals surface area contributed by atoms with Gasteiger partial charge in [0.1, 0.15) is 0 Å². The van der Waals surface area contributed by atoms with Crippen molar-refractivity contribution in [1.29, 1.82) is 0 Å². The van der Waals surface area contributed by atoms with Gasteiger partial charge in [0.2, 0.25) is 0 Å². The Hall–Kier alpha value is -2.31. The van der Waals surface area contributed by atoms with Crippen molar-refractivity contribution in [2.45, 2.75) is 18.9 Å². The van der Waals surface area contributed by atoms with Gasteiger partial charge in [0.05, 0.1) is 13.2 Å². The number of methoxy groups -OCH3 is 1. The van der Waals surface area contributed by atoms with Crippen molar-refractivity contribution in [3.05, 3.63) is 23.0 Å². The van der Waals surface area contributed by atoms with Gasteiger partial charge in [-0.15, -0.1) is 0 Å². The van der Waals surface area contributed by atoms with Crippen LogP contribution in [0.1, 0.15) is 22.3 Å². The Morgan fingerprint density at radius 3 is 2.89 bits per heavy atom. The Balaban J connectivity index is 2.49. The topological polar surface area (TPSA) is 102 Å². The molecule has 2 rings (SSSR count). The summed E-state index contributed by atoms with van der Waals surface area (Å²) in [4.78, 5) is 22.8. The molecule has 0 bridgehead atoms. The van der Waals surface area contributed by atoms with Crippen LogP contribution < -0.4 is 15.8 Å². The summed E-state index contributed by atoms with van der Waals surface area (Å²) in [6.07, 6.45) is -0.719. The third-order valence-corrected chi connectivity index (χ3v) is 3.11. The molecule has 1 aliphatic carbocycles. The van der Waals surface area contributed by atoms with Gasteiger partial charge >= 0.3 is 6.09 Å². The Morgan fingerprint density at radius 2 is 2.32 bits per heavy atom. The average molecular weight is 268 g/mol. The third-order valence-electron chi connectivity index (χ3n) is 3.11. The monoisotopic (exact) mass is 268 g/mol. The summed E-state index contributed by atoms with van der Waals surface area (Å²) in [5, 5.41) is 10.8. The molecule has 0 fully saturated rings. The number of rotatable bonds is 2. The summed E-state index contributed by atoms with van der Waals surface area (Å²) in [7, 11) is 1.31. The molecule has 0 aliphatic heterocycles. The molecule has 0 spiro atoms. The van der Waals surface area contributed by atoms with E-state index in [2.05, 4.69) is 5.32 Å². The Labute approximate surface area is 108 Å². The maximum absolute atomic E-state index is 13.6. The fourth-order valence-electron chi connectivity index (χ4n) is 2.34. The first-order valence-electron chi connectivity index (χ1n) is 5.64. The van der Waals surface area contributed by atoms with Crippen molar-refractivity contribution < 1.29 is 23.8 Å². The van der Waals surface area contributed by atoms with E-state index in [0.29, 0.717) is 12.0 Å². The lowest BCUT2D eigenvalue weighted by molar-refractivity contribution is 0.0921. The number of hydrogen-bond donors (Lipinski definition) is 3. The number of carbonyl (C=O) groups is 2. The summed E-state index contributed by atoms with van der Waals surface area (Å²) >= 11 is 0. The number of nitrogens with two attached hydrogens (primary N) is 1. The molecule has 1 unspecified atom stereocenters. The minimum atomic E-state index is -1.28. The highest BCUT2D eigenvalue weighted by Crippen LogP contribution is 2.35. The van der Waals surface area contributed by atoms with E-state index in [0.717, 1.165) is 6.07 Å². The average Bonchev–Trinajstić information content (AvgIpc) is 2.32. The van der Waals surface area contributed by atoms with Crippen molar-refractivity contribution in [3.63, 3.8) is 0 Å². The molecular weight excluding hydrogens is 255 g/mol. The molecule has 4 N–H and O–H groups in total. The Morgan fingerprint density at radius 1 is 1.63 bits per heavy atom. The predicted molar refractivity (Wildman–Crippen MR) is 65.0 cm³/mol. The van der Waals surface area contributed by atoms with Crippen LogP contribution >= 0.6 is 0 Å². The number of fused-ring (bicyclic) bond motifs is 1. The summed E-state index contributed by atoms with van der Waals surface area (Å²) in [6, 6.07) is 0.154. The molecule has 1 aliphatic rings. The zero-order valence-corrected chi connectivity index (χ0v) is 10.2. The number of amides is 1. The number of halogens is 1. The van der Waals surface area contributed by atoms with Gasteiger partial charge in [0, 0.05) is 22.9 Å². The van der Waals surface area contributed by atoms with Crippen LogP contribution in [0, 0.1) is 5.82 Å². The molecule has 1 atom stereocenters. The van der Waals surface area contributed by atoms with Crippen LogP contribution in [-0.4, -0.2) is 30.1 Å². The molecule has 6 nitrogen and oxygen atoms in total. The lowest BCUT2D eigenvalue weighted by Crippen LogP contribution is -2.43. The van der Waals surface area contributed by atoms with E-state index in [1.807, 2.05) is 0 Å². The maximum atomic E-state index is 13.6. The minimum Gasteiger partial charge on any atom is -0.493 e. The van der Waals surface area contributed by atoms with Crippen LogP contribution in [0.15, 0.2) is 6.07 Å². The van der Waals surface area contributed by atoms with Gasteiger partial charge in [-0.1, -0.05) is 0 Å². The van der Waals surface area contributed by atoms with Gasteiger partial charge in [0.25, 0.3) is 0 Å². The van der Waals surface area contributed by atoms with Crippen molar-refractivity contribution in [1.82, 2.24) is 5.32 Å². The molecule has 0 saturated carbocycles. The lowest BCUT2D eigenvalue weighted by Gasteiger charge is -2.25. The summed E-state index contributed by atoms with van der Waals surface area (Å²) in [6.45, 7) is 0. The number of ether oxygens (including phenoxy) is 1. The Bertz CT molecular complexity index is 559. The van der Waals surface area contributed by atoms with Gasteiger partial charge in [-0.05, 0) is 12.8 Å². The molecule has 102 valence electrons. The van der Waals surface area contributed by atoms with E-state index in [1.165, 1.54) is 7.11 Å². The molecule has 19 heavy (non-hydrogen) atoms. The first-order chi connectivity index (χ1) is 8.95. The van der Waals surface area contributed by atoms with Crippen LogP contribution in [0.4, 0.5) is 14.9 Å². The minimum absolute atomic E-state index is 0.00445. The normalized spacial score (nSPS) is 17.8. The van der Waals surface area contributed by atoms with Gasteiger partial charge in [-0.2, -0.15) is 0 Å². The standard InChI is InChI=1S/C12H13FN2O4/c1-19-11-5-2-3-8(15-12(17)18)10(16)9(5)7(14)4-6(11)13/h4,8,15H,2-3,14H2,1H3,(H,17,18). The van der Waals surface area contributed by atoms with Crippen molar-refractivity contribution in [2.24, 2.45) is 0 Å². The molecule has 7 heteroatoms. The number of hydrogen-bond acceptors (Lipinski definition) is 4. The number of ketones is 1. The van der Waals surface area contributed by atoms with Crippen molar-refractivity contribution in [2.75, 3.05) is 12.8 Å². The first kappa shape index (κ1) is 13.1. The van der Waals surface area contributed by atoms with Gasteiger partial charge < -0.3 is 20.9 Å². The van der Waals surface area contributed by atoms with Crippen LogP contribution in [0.5, 0.6) is 5.75 Å². The molecule has 1 amide bonds. The highest BCUT2D eigenvalue weighted by atomic mass is 19.1. The number of benzene rings is 1. The van der Waals surface area contributed by atoms with Crippen molar-refractivity contribution in [3.8, 4) is 5.75 Å². The number of carboxylic acid groups (broad SMARTS) is 1. The van der Waals surface area contributed by atoms with E-state index in [-0.39, 0.29) is 23.4 Å². The smallest absolute Gasteiger partial charge is 0.405 e. The number of nitrogen functional groups attached to an aromatic ring is 1. The van der Waals surface area contributed by atoms with E-state index < -0.39 is 23.7 Å². The van der Waals surface area contributed by atoms with Crippen LogP contribution in [0.2, 0.25) is 0 Å². The fraction of sp³-hybridized carbons (Fsp3) is 0.333. The zero-order chi connectivity index (χ0) is 14.2. The van der Waals surface area contributed by atoms with Crippen LogP contribution in [0.3, 0.4) is 0 Å². The molecule has 0 radical (unpaired) electrons. The second-order valence-corrected chi connectivity index (χ2v) is 4.24. The molecule has 0 saturated heterocycles. The van der Waals surface area contributed by atoms with E-state index >= 15 is 0 Å². The quantitative estimate of drug-likeness (QED) is 0.699. The second-order valence-electron chi connectivity index (χ2n) is 4.24. The van der Waals surface area contributed by atoms with Gasteiger partial charge in [0.15, 0.2) is 17.3 Å². The third kappa shape index (κ3) is 2.18. The van der Waals surface area contributed by atoms with E-state index in [4.69, 9.17) is 15.6 Å². The molecule has 0 heterocycles. The zero-order valence-electron chi connectivity index (χ0n) is 10.2. The highest BCUT2D eigenvalue weighted by Gasteiger charge is 2.33. The summed E-state index contributed by atoms with van der Waals surface area (Å²) in [5.41, 5.74) is 6.19. The number of Topliss-reactive ketones (excluding diaryl/α,β-unsaturated/α-hetero) is 1. The van der Waals surface area contributed by atoms with Crippen LogP contribution in [-0.2, 0) is 6.42 Å². The largest absolute Gasteiger partial charge is 0.493 e. The number of anilines is 1. The maximum Gasteiger partial charge on any atom is 0.405 e. The highest BCUT2D eigenvalue weighted by molar-refractivity contribution is 6.08.